The van der Waals surface area contributed by atoms with Gasteiger partial charge in [-0.05, 0) is 39.2 Å². The van der Waals surface area contributed by atoms with Crippen LogP contribution in [0.15, 0.2) is 29.2 Å². The first-order valence-electron chi connectivity index (χ1n) is 5.89. The van der Waals surface area contributed by atoms with Crippen molar-refractivity contribution in [2.24, 2.45) is 0 Å². The highest BCUT2D eigenvalue weighted by molar-refractivity contribution is 7.99. The summed E-state index contributed by atoms with van der Waals surface area (Å²) < 4.78 is 0. The number of benzene rings is 1. The van der Waals surface area contributed by atoms with Crippen LogP contribution in [-0.4, -0.2) is 44.4 Å². The van der Waals surface area contributed by atoms with E-state index in [1.807, 2.05) is 11.8 Å². The van der Waals surface area contributed by atoms with Crippen molar-refractivity contribution in [2.45, 2.75) is 11.3 Å². The Morgan fingerprint density at radius 2 is 2.12 bits per heavy atom. The summed E-state index contributed by atoms with van der Waals surface area (Å²) in [7, 11) is 4.28. The number of nitrogens with zero attached hydrogens (tertiary/aromatic N) is 2. The van der Waals surface area contributed by atoms with Gasteiger partial charge in [-0.2, -0.15) is 0 Å². The zero-order valence-corrected chi connectivity index (χ0v) is 11.0. The molecule has 0 atom stereocenters. The highest BCUT2D eigenvalue weighted by Crippen LogP contribution is 2.34. The van der Waals surface area contributed by atoms with Gasteiger partial charge in [-0.25, -0.2) is 0 Å². The minimum Gasteiger partial charge on any atom is -0.370 e. The van der Waals surface area contributed by atoms with Gasteiger partial charge < -0.3 is 9.80 Å². The summed E-state index contributed by atoms with van der Waals surface area (Å²) in [6.45, 7) is 3.54. The van der Waals surface area contributed by atoms with Gasteiger partial charge in [0.2, 0.25) is 0 Å². The predicted molar refractivity (Wildman–Crippen MR) is 72.6 cm³/mol. The van der Waals surface area contributed by atoms with Crippen LogP contribution in [0.5, 0.6) is 0 Å². The molecule has 0 bridgehead atoms. The van der Waals surface area contributed by atoms with Crippen LogP contribution in [0.3, 0.4) is 0 Å². The highest BCUT2D eigenvalue weighted by Gasteiger charge is 2.15. The Balaban J connectivity index is 1.96. The quantitative estimate of drug-likeness (QED) is 0.793. The summed E-state index contributed by atoms with van der Waals surface area (Å²) in [5, 5.41) is 0. The van der Waals surface area contributed by atoms with Crippen LogP contribution in [0.25, 0.3) is 0 Å². The third kappa shape index (κ3) is 2.92. The average Bonchev–Trinajstić information content (AvgIpc) is 2.29. The predicted octanol–water partition coefficient (Wildman–Crippen LogP) is 2.55. The summed E-state index contributed by atoms with van der Waals surface area (Å²) >= 11 is 1.98. The second-order valence-electron chi connectivity index (χ2n) is 4.46. The van der Waals surface area contributed by atoms with Crippen LogP contribution < -0.4 is 4.90 Å². The van der Waals surface area contributed by atoms with Crippen LogP contribution in [0.4, 0.5) is 5.69 Å². The van der Waals surface area contributed by atoms with E-state index in [2.05, 4.69) is 48.2 Å². The first-order valence-corrected chi connectivity index (χ1v) is 6.87. The smallest absolute Gasteiger partial charge is 0.0504 e. The van der Waals surface area contributed by atoms with Crippen LogP contribution in [-0.2, 0) is 0 Å². The molecule has 0 aliphatic carbocycles. The molecule has 16 heavy (non-hydrogen) atoms. The van der Waals surface area contributed by atoms with Crippen LogP contribution in [0, 0.1) is 0 Å². The maximum absolute atomic E-state index is 2.52. The van der Waals surface area contributed by atoms with Gasteiger partial charge in [-0.15, -0.1) is 11.8 Å². The summed E-state index contributed by atoms with van der Waals surface area (Å²) in [5.41, 5.74) is 1.43. The molecule has 0 amide bonds. The van der Waals surface area contributed by atoms with Crippen molar-refractivity contribution in [3.63, 3.8) is 0 Å². The fourth-order valence-corrected chi connectivity index (χ4v) is 3.09. The molecule has 1 heterocycles. The van der Waals surface area contributed by atoms with E-state index in [4.69, 9.17) is 0 Å². The molecule has 88 valence electrons. The Bertz CT molecular complexity index is 338. The van der Waals surface area contributed by atoms with Gasteiger partial charge >= 0.3 is 0 Å². The molecule has 1 aliphatic heterocycles. The highest BCUT2D eigenvalue weighted by atomic mass is 32.2. The lowest BCUT2D eigenvalue weighted by Gasteiger charge is -2.31. The number of anilines is 1. The minimum atomic E-state index is 1.17. The lowest BCUT2D eigenvalue weighted by Crippen LogP contribution is -2.31. The molecule has 1 aromatic carbocycles. The molecule has 0 aromatic heterocycles. The van der Waals surface area contributed by atoms with Crippen LogP contribution in [0.2, 0.25) is 0 Å². The molecule has 0 unspecified atom stereocenters. The number of para-hydroxylation sites is 1. The van der Waals surface area contributed by atoms with Crippen molar-refractivity contribution >= 4 is 17.4 Å². The zero-order chi connectivity index (χ0) is 11.4. The molecule has 3 heteroatoms. The normalized spacial score (nSPS) is 15.3. The van der Waals surface area contributed by atoms with Gasteiger partial charge in [0.05, 0.1) is 5.69 Å². The molecule has 2 rings (SSSR count). The van der Waals surface area contributed by atoms with Crippen molar-refractivity contribution < 1.29 is 0 Å². The maximum atomic E-state index is 2.52. The minimum absolute atomic E-state index is 1.17. The molecule has 0 saturated heterocycles. The molecule has 0 N–H and O–H groups in total. The van der Waals surface area contributed by atoms with E-state index in [0.717, 1.165) is 0 Å². The standard InChI is InChI=1S/C13H20N2S/c1-14(2)8-5-9-15-10-11-16-13-7-4-3-6-12(13)15/h3-4,6-7H,5,8-11H2,1-2H3. The Morgan fingerprint density at radius 1 is 1.31 bits per heavy atom. The molecule has 0 spiro atoms. The molecule has 2 nitrogen and oxygen atoms in total. The third-order valence-corrected chi connectivity index (χ3v) is 3.90. The number of hydrogen-bond donors (Lipinski definition) is 0. The Labute approximate surface area is 103 Å². The van der Waals surface area contributed by atoms with Gasteiger partial charge in [0.1, 0.15) is 0 Å². The van der Waals surface area contributed by atoms with Crippen molar-refractivity contribution in [3.8, 4) is 0 Å². The first-order chi connectivity index (χ1) is 7.77. The number of thioether (sulfide) groups is 1. The molecule has 0 fully saturated rings. The molecule has 0 saturated carbocycles. The van der Waals surface area contributed by atoms with Crippen LogP contribution in [0.1, 0.15) is 6.42 Å². The lowest BCUT2D eigenvalue weighted by atomic mass is 10.2. The second-order valence-corrected chi connectivity index (χ2v) is 5.60. The van der Waals surface area contributed by atoms with E-state index >= 15 is 0 Å². The van der Waals surface area contributed by atoms with E-state index in [9.17, 15) is 0 Å². The van der Waals surface area contributed by atoms with Crippen molar-refractivity contribution in [2.75, 3.05) is 44.4 Å². The lowest BCUT2D eigenvalue weighted by molar-refractivity contribution is 0.400. The van der Waals surface area contributed by atoms with E-state index < -0.39 is 0 Å². The fraction of sp³-hybridized carbons (Fsp3) is 0.538. The Hall–Kier alpha value is -0.670. The summed E-state index contributed by atoms with van der Waals surface area (Å²) in [6.07, 6.45) is 1.24. The van der Waals surface area contributed by atoms with Gasteiger partial charge in [0.15, 0.2) is 0 Å². The summed E-state index contributed by atoms with van der Waals surface area (Å²) in [6, 6.07) is 8.76. The second kappa shape index (κ2) is 5.60. The fourth-order valence-electron chi connectivity index (χ4n) is 2.04. The molecular formula is C13H20N2S. The topological polar surface area (TPSA) is 6.48 Å². The van der Waals surface area contributed by atoms with Gasteiger partial charge in [-0.1, -0.05) is 12.1 Å². The number of rotatable bonds is 4. The Morgan fingerprint density at radius 3 is 2.94 bits per heavy atom. The van der Waals surface area contributed by atoms with Crippen molar-refractivity contribution in [3.05, 3.63) is 24.3 Å². The van der Waals surface area contributed by atoms with E-state index in [1.54, 1.807) is 0 Å². The van der Waals surface area contributed by atoms with Gasteiger partial charge in [0.25, 0.3) is 0 Å². The average molecular weight is 236 g/mol. The van der Waals surface area contributed by atoms with E-state index in [0.29, 0.717) is 0 Å². The summed E-state index contributed by atoms with van der Waals surface area (Å²) in [5.74, 6) is 1.22. The Kier molecular flexibility index (Phi) is 4.13. The van der Waals surface area contributed by atoms with Crippen molar-refractivity contribution in [1.29, 1.82) is 0 Å². The van der Waals surface area contributed by atoms with Crippen molar-refractivity contribution in [1.82, 2.24) is 4.90 Å². The van der Waals surface area contributed by atoms with Gasteiger partial charge in [0, 0.05) is 23.7 Å². The molecule has 1 aliphatic rings. The maximum Gasteiger partial charge on any atom is 0.0504 e. The van der Waals surface area contributed by atoms with E-state index in [-0.39, 0.29) is 0 Å². The van der Waals surface area contributed by atoms with Gasteiger partial charge in [-0.3, -0.25) is 0 Å². The number of hydrogen-bond acceptors (Lipinski definition) is 3. The van der Waals surface area contributed by atoms with E-state index in [1.165, 1.54) is 42.4 Å². The molecule has 1 aromatic rings. The summed E-state index contributed by atoms with van der Waals surface area (Å²) in [4.78, 5) is 6.22. The third-order valence-electron chi connectivity index (χ3n) is 2.86. The molecular weight excluding hydrogens is 216 g/mol. The molecule has 0 radical (unpaired) electrons. The monoisotopic (exact) mass is 236 g/mol. The first kappa shape index (κ1) is 11.8. The largest absolute Gasteiger partial charge is 0.370 e. The SMILES string of the molecule is CN(C)CCCN1CCSc2ccccc21. The zero-order valence-electron chi connectivity index (χ0n) is 10.1. The number of fused-ring (bicyclic) bond motifs is 1. The van der Waals surface area contributed by atoms with Crippen LogP contribution >= 0.6 is 11.8 Å².